The molecule has 0 amide bonds. The first kappa shape index (κ1) is 23.9. The first-order valence-electron chi connectivity index (χ1n) is 11.5. The maximum absolute atomic E-state index is 14.8. The second-order valence-corrected chi connectivity index (χ2v) is 8.30. The topological polar surface area (TPSA) is 29.5 Å². The first-order chi connectivity index (χ1) is 15.5. The third-order valence-electron chi connectivity index (χ3n) is 5.68. The molecule has 32 heavy (non-hydrogen) atoms. The van der Waals surface area contributed by atoms with Crippen molar-refractivity contribution >= 4 is 16.8 Å². The number of ether oxygens (including phenoxy) is 1. The van der Waals surface area contributed by atoms with E-state index in [4.69, 9.17) is 4.74 Å². The lowest BCUT2D eigenvalue weighted by Gasteiger charge is -2.12. The second kappa shape index (κ2) is 11.8. The smallest absolute Gasteiger partial charge is 0.167 e. The number of allylic oxidation sites excluding steroid dienone is 1. The van der Waals surface area contributed by atoms with Crippen LogP contribution in [0, 0.1) is 11.6 Å². The number of aromatic hydroxyl groups is 1. The maximum atomic E-state index is 14.8. The summed E-state index contributed by atoms with van der Waals surface area (Å²) < 4.78 is 35.3. The molecule has 4 heteroatoms. The van der Waals surface area contributed by atoms with E-state index in [2.05, 4.69) is 13.8 Å². The molecule has 3 aromatic carbocycles. The number of fused-ring (bicyclic) bond motifs is 1. The van der Waals surface area contributed by atoms with Crippen molar-refractivity contribution in [2.45, 2.75) is 58.5 Å². The predicted molar refractivity (Wildman–Crippen MR) is 129 cm³/mol. The minimum Gasteiger partial charge on any atom is -0.508 e. The Kier molecular flexibility index (Phi) is 8.81. The number of hydrogen-bond acceptors (Lipinski definition) is 2. The SMILES string of the molecule is CCCCCOC(C)CCC/C=C/c1ccc(-c2ccc3cc(O)ccc3c2)c(F)c1F. The summed E-state index contributed by atoms with van der Waals surface area (Å²) in [6.07, 6.45) is 9.94. The number of phenolic OH excluding ortho intramolecular Hbond substituents is 1. The Balaban J connectivity index is 1.59. The lowest BCUT2D eigenvalue weighted by molar-refractivity contribution is 0.0566. The highest BCUT2D eigenvalue weighted by Gasteiger charge is 2.14. The number of hydrogen-bond donors (Lipinski definition) is 1. The summed E-state index contributed by atoms with van der Waals surface area (Å²) in [5.41, 5.74) is 1.08. The van der Waals surface area contributed by atoms with Crippen LogP contribution in [0.25, 0.3) is 28.0 Å². The molecule has 0 fully saturated rings. The zero-order valence-corrected chi connectivity index (χ0v) is 18.9. The summed E-state index contributed by atoms with van der Waals surface area (Å²) in [7, 11) is 0. The van der Waals surface area contributed by atoms with Gasteiger partial charge in [-0.15, -0.1) is 0 Å². The fourth-order valence-corrected chi connectivity index (χ4v) is 3.77. The van der Waals surface area contributed by atoms with Crippen LogP contribution in [0.3, 0.4) is 0 Å². The first-order valence-corrected chi connectivity index (χ1v) is 11.5. The van der Waals surface area contributed by atoms with Crippen molar-refractivity contribution in [2.75, 3.05) is 6.61 Å². The minimum absolute atomic E-state index is 0.174. The van der Waals surface area contributed by atoms with E-state index in [0.29, 0.717) is 5.56 Å². The molecule has 0 bridgehead atoms. The molecule has 1 N–H and O–H groups in total. The molecule has 0 heterocycles. The summed E-state index contributed by atoms with van der Waals surface area (Å²) >= 11 is 0. The Morgan fingerprint density at radius 2 is 1.72 bits per heavy atom. The molecule has 1 atom stereocenters. The van der Waals surface area contributed by atoms with Gasteiger partial charge in [-0.05, 0) is 67.1 Å². The average molecular weight is 439 g/mol. The zero-order valence-electron chi connectivity index (χ0n) is 18.9. The maximum Gasteiger partial charge on any atom is 0.167 e. The molecule has 0 radical (unpaired) electrons. The Hall–Kier alpha value is -2.72. The van der Waals surface area contributed by atoms with Gasteiger partial charge in [-0.25, -0.2) is 8.78 Å². The van der Waals surface area contributed by atoms with E-state index >= 15 is 0 Å². The molecule has 2 nitrogen and oxygen atoms in total. The molecule has 0 aromatic heterocycles. The van der Waals surface area contributed by atoms with Gasteiger partial charge in [0, 0.05) is 17.7 Å². The van der Waals surface area contributed by atoms with Gasteiger partial charge in [-0.3, -0.25) is 0 Å². The van der Waals surface area contributed by atoms with Gasteiger partial charge in [-0.2, -0.15) is 0 Å². The molecule has 170 valence electrons. The van der Waals surface area contributed by atoms with E-state index in [9.17, 15) is 13.9 Å². The summed E-state index contributed by atoms with van der Waals surface area (Å²) in [6, 6.07) is 13.5. The molecule has 0 aliphatic rings. The van der Waals surface area contributed by atoms with Crippen LogP contribution in [0.4, 0.5) is 8.78 Å². The third kappa shape index (κ3) is 6.39. The molecule has 0 spiro atoms. The summed E-state index contributed by atoms with van der Waals surface area (Å²) in [6.45, 7) is 5.06. The molecule has 1 unspecified atom stereocenters. The zero-order chi connectivity index (χ0) is 22.9. The highest BCUT2D eigenvalue weighted by atomic mass is 19.2. The van der Waals surface area contributed by atoms with Crippen LogP contribution >= 0.6 is 0 Å². The number of halogens is 2. The quantitative estimate of drug-likeness (QED) is 0.305. The van der Waals surface area contributed by atoms with Gasteiger partial charge in [0.1, 0.15) is 5.75 Å². The standard InChI is InChI=1S/C28H32F2O2/c1-3-4-8-17-32-20(2)9-6-5-7-10-21-14-16-26(28(30)27(21)29)24-12-11-23-19-25(31)15-13-22(23)18-24/h7,10-16,18-20,31H,3-6,8-9,17H2,1-2H3/b10-7+. The van der Waals surface area contributed by atoms with E-state index in [1.54, 1.807) is 54.6 Å². The van der Waals surface area contributed by atoms with Crippen LogP contribution in [0.15, 0.2) is 54.6 Å². The van der Waals surface area contributed by atoms with E-state index < -0.39 is 11.6 Å². The number of benzene rings is 3. The third-order valence-corrected chi connectivity index (χ3v) is 5.68. The van der Waals surface area contributed by atoms with Crippen molar-refractivity contribution in [3.05, 3.63) is 71.8 Å². The Bertz CT molecular complexity index is 1060. The summed E-state index contributed by atoms with van der Waals surface area (Å²) in [5.74, 6) is -1.51. The van der Waals surface area contributed by atoms with E-state index in [-0.39, 0.29) is 23.0 Å². The van der Waals surface area contributed by atoms with Crippen LogP contribution in [-0.4, -0.2) is 17.8 Å². The Morgan fingerprint density at radius 3 is 2.53 bits per heavy atom. The largest absolute Gasteiger partial charge is 0.508 e. The Morgan fingerprint density at radius 1 is 0.938 bits per heavy atom. The van der Waals surface area contributed by atoms with Crippen molar-refractivity contribution in [3.8, 4) is 16.9 Å². The van der Waals surface area contributed by atoms with Crippen LogP contribution in [0.5, 0.6) is 5.75 Å². The van der Waals surface area contributed by atoms with Gasteiger partial charge in [-0.1, -0.05) is 62.2 Å². The predicted octanol–water partition coefficient (Wildman–Crippen LogP) is 8.27. The van der Waals surface area contributed by atoms with E-state index in [0.717, 1.165) is 43.1 Å². The highest BCUT2D eigenvalue weighted by molar-refractivity contribution is 5.88. The molecule has 3 rings (SSSR count). The fraction of sp³-hybridized carbons (Fsp3) is 0.357. The van der Waals surface area contributed by atoms with Crippen LogP contribution in [0.2, 0.25) is 0 Å². The van der Waals surface area contributed by atoms with E-state index in [1.807, 2.05) is 6.08 Å². The van der Waals surface area contributed by atoms with Crippen LogP contribution in [0.1, 0.15) is 57.9 Å². The molecule has 0 saturated heterocycles. The minimum atomic E-state index is -0.848. The molecule has 0 aliphatic heterocycles. The monoisotopic (exact) mass is 438 g/mol. The molecule has 0 aliphatic carbocycles. The van der Waals surface area contributed by atoms with Gasteiger partial charge in [0.2, 0.25) is 0 Å². The Labute approximate surface area is 189 Å². The van der Waals surface area contributed by atoms with Crippen molar-refractivity contribution in [1.29, 1.82) is 0 Å². The van der Waals surface area contributed by atoms with Crippen molar-refractivity contribution in [3.63, 3.8) is 0 Å². The summed E-state index contributed by atoms with van der Waals surface area (Å²) in [4.78, 5) is 0. The van der Waals surface area contributed by atoms with Crippen LogP contribution in [-0.2, 0) is 4.74 Å². The van der Waals surface area contributed by atoms with Gasteiger partial charge in [0.25, 0.3) is 0 Å². The fourth-order valence-electron chi connectivity index (χ4n) is 3.77. The van der Waals surface area contributed by atoms with E-state index in [1.165, 1.54) is 12.8 Å². The van der Waals surface area contributed by atoms with Gasteiger partial charge < -0.3 is 9.84 Å². The van der Waals surface area contributed by atoms with Crippen molar-refractivity contribution in [2.24, 2.45) is 0 Å². The molecular formula is C28H32F2O2. The highest BCUT2D eigenvalue weighted by Crippen LogP contribution is 2.30. The molecule has 3 aromatic rings. The van der Waals surface area contributed by atoms with Gasteiger partial charge in [0.15, 0.2) is 11.6 Å². The van der Waals surface area contributed by atoms with Crippen molar-refractivity contribution < 1.29 is 18.6 Å². The number of phenols is 1. The lowest BCUT2D eigenvalue weighted by atomic mass is 9.99. The van der Waals surface area contributed by atoms with Gasteiger partial charge in [0.05, 0.1) is 6.10 Å². The lowest BCUT2D eigenvalue weighted by Crippen LogP contribution is -2.08. The normalized spacial score (nSPS) is 12.6. The molecule has 0 saturated carbocycles. The van der Waals surface area contributed by atoms with Crippen molar-refractivity contribution in [1.82, 2.24) is 0 Å². The second-order valence-electron chi connectivity index (χ2n) is 8.30. The average Bonchev–Trinajstić information content (AvgIpc) is 2.79. The van der Waals surface area contributed by atoms with Gasteiger partial charge >= 0.3 is 0 Å². The summed E-state index contributed by atoms with van der Waals surface area (Å²) in [5, 5.41) is 11.3. The molecular weight excluding hydrogens is 406 g/mol. The number of rotatable bonds is 11. The number of unbranched alkanes of at least 4 members (excludes halogenated alkanes) is 3. The van der Waals surface area contributed by atoms with Crippen LogP contribution < -0.4 is 0 Å².